The molecule has 1 amide bonds. The van der Waals surface area contributed by atoms with E-state index in [4.69, 9.17) is 27.9 Å². The number of carboxylic acid groups (broad SMARTS) is 1. The molecule has 2 aromatic rings. The molecule has 0 aromatic heterocycles. The number of aliphatic carboxylic acids is 1. The molecule has 2 N–H and O–H groups in total. The lowest BCUT2D eigenvalue weighted by Gasteiger charge is -2.16. The lowest BCUT2D eigenvalue weighted by molar-refractivity contribution is -0.142. The molecule has 6 nitrogen and oxygen atoms in total. The number of halogens is 2. The molecule has 158 valence electrons. The first-order valence-electron chi connectivity index (χ1n) is 9.14. The number of hydrogen-bond acceptors (Lipinski definition) is 4. The Balaban J connectivity index is 2.02. The summed E-state index contributed by atoms with van der Waals surface area (Å²) in [5.74, 6) is -2.01. The van der Waals surface area contributed by atoms with E-state index < -0.39 is 24.5 Å². The number of benzene rings is 2. The summed E-state index contributed by atoms with van der Waals surface area (Å²) in [7, 11) is 0. The molecule has 0 saturated heterocycles. The molecule has 2 rings (SSSR count). The molecule has 1 atom stereocenters. The van der Waals surface area contributed by atoms with Gasteiger partial charge in [0.2, 0.25) is 0 Å². The minimum absolute atomic E-state index is 0.00154. The van der Waals surface area contributed by atoms with Gasteiger partial charge in [-0.2, -0.15) is 0 Å². The molecule has 1 unspecified atom stereocenters. The van der Waals surface area contributed by atoms with Crippen molar-refractivity contribution in [3.63, 3.8) is 0 Å². The van der Waals surface area contributed by atoms with Gasteiger partial charge in [-0.15, -0.1) is 0 Å². The Kier molecular flexibility index (Phi) is 8.45. The lowest BCUT2D eigenvalue weighted by atomic mass is 10.0. The monoisotopic (exact) mass is 449 g/mol. The lowest BCUT2D eigenvalue weighted by Crippen LogP contribution is -2.44. The van der Waals surface area contributed by atoms with Crippen LogP contribution in [0.3, 0.4) is 0 Å². The minimum Gasteiger partial charge on any atom is -0.482 e. The Labute approximate surface area is 184 Å². The molecule has 0 radical (unpaired) electrons. The molecule has 0 fully saturated rings. The van der Waals surface area contributed by atoms with Crippen molar-refractivity contribution in [2.24, 2.45) is 0 Å². The van der Waals surface area contributed by atoms with Crippen LogP contribution in [0.5, 0.6) is 5.75 Å². The summed E-state index contributed by atoms with van der Waals surface area (Å²) in [5, 5.41) is 11.8. The van der Waals surface area contributed by atoms with Crippen LogP contribution in [0, 0.1) is 0 Å². The Morgan fingerprint density at radius 1 is 1.10 bits per heavy atom. The molecule has 2 aromatic carbocycles. The van der Waals surface area contributed by atoms with Crippen molar-refractivity contribution >= 4 is 40.9 Å². The average molecular weight is 450 g/mol. The summed E-state index contributed by atoms with van der Waals surface area (Å²) >= 11 is 12.3. The molecule has 8 heteroatoms. The van der Waals surface area contributed by atoms with Crippen molar-refractivity contribution in [2.45, 2.75) is 25.8 Å². The van der Waals surface area contributed by atoms with Crippen LogP contribution in [0.1, 0.15) is 29.3 Å². The van der Waals surface area contributed by atoms with Gasteiger partial charge >= 0.3 is 5.97 Å². The molecule has 0 aliphatic carbocycles. The van der Waals surface area contributed by atoms with Crippen LogP contribution < -0.4 is 10.1 Å². The highest BCUT2D eigenvalue weighted by Crippen LogP contribution is 2.35. The van der Waals surface area contributed by atoms with E-state index >= 15 is 0 Å². The third kappa shape index (κ3) is 6.08. The summed E-state index contributed by atoms with van der Waals surface area (Å²) < 4.78 is 5.38. The molecular weight excluding hydrogens is 429 g/mol. The zero-order valence-electron chi connectivity index (χ0n) is 16.3. The van der Waals surface area contributed by atoms with Crippen LogP contribution >= 0.6 is 23.2 Å². The van der Waals surface area contributed by atoms with Crippen molar-refractivity contribution in [3.05, 3.63) is 75.8 Å². The summed E-state index contributed by atoms with van der Waals surface area (Å²) in [6.07, 6.45) is 0.603. The van der Waals surface area contributed by atoms with Crippen molar-refractivity contribution < 1.29 is 24.2 Å². The number of allylic oxidation sites excluding steroid dienone is 1. The normalized spacial score (nSPS) is 11.4. The molecule has 30 heavy (non-hydrogen) atoms. The molecular formula is C22H21Cl2NO5. The maximum atomic E-state index is 12.3. The van der Waals surface area contributed by atoms with E-state index in [1.165, 1.54) is 12.1 Å². The number of ether oxygens (including phenoxy) is 1. The number of Topliss-reactive ketones (excluding diaryl/α,β-unsaturated/α-hetero) is 1. The van der Waals surface area contributed by atoms with Crippen LogP contribution in [-0.2, 0) is 16.0 Å². The molecule has 0 heterocycles. The van der Waals surface area contributed by atoms with Crippen LogP contribution in [-0.4, -0.2) is 35.4 Å². The standard InChI is InChI=1S/C22H21Cl2NO5/c1-3-13(2)21(27)15-9-10-17(20(24)19(15)23)30-12-18(26)25-16(22(28)29)11-14-7-5-4-6-8-14/h4-10,16H,2-3,11-12H2,1H3,(H,25,26)(H,28,29). The fourth-order valence-electron chi connectivity index (χ4n) is 2.60. The van der Waals surface area contributed by atoms with Gasteiger partial charge in [-0.05, 0) is 29.7 Å². The van der Waals surface area contributed by atoms with Crippen molar-refractivity contribution in [1.82, 2.24) is 5.32 Å². The van der Waals surface area contributed by atoms with Crippen LogP contribution in [0.25, 0.3) is 0 Å². The van der Waals surface area contributed by atoms with E-state index in [0.717, 1.165) is 5.56 Å². The number of rotatable bonds is 10. The number of carboxylic acids is 1. The van der Waals surface area contributed by atoms with Crippen molar-refractivity contribution in [2.75, 3.05) is 6.61 Å². The van der Waals surface area contributed by atoms with E-state index in [9.17, 15) is 19.5 Å². The van der Waals surface area contributed by atoms with Gasteiger partial charge in [0.15, 0.2) is 12.4 Å². The second-order valence-electron chi connectivity index (χ2n) is 6.46. The first-order chi connectivity index (χ1) is 14.2. The Morgan fingerprint density at radius 3 is 2.37 bits per heavy atom. The Bertz CT molecular complexity index is 960. The smallest absolute Gasteiger partial charge is 0.326 e. The highest BCUT2D eigenvalue weighted by atomic mass is 35.5. The zero-order chi connectivity index (χ0) is 22.3. The average Bonchev–Trinajstić information content (AvgIpc) is 2.74. The van der Waals surface area contributed by atoms with Crippen molar-refractivity contribution in [1.29, 1.82) is 0 Å². The third-order valence-corrected chi connectivity index (χ3v) is 5.18. The summed E-state index contributed by atoms with van der Waals surface area (Å²) in [6, 6.07) is 10.7. The second kappa shape index (κ2) is 10.8. The Morgan fingerprint density at radius 2 is 1.77 bits per heavy atom. The van der Waals surface area contributed by atoms with E-state index in [-0.39, 0.29) is 33.6 Å². The molecule has 0 aliphatic rings. The number of nitrogens with one attached hydrogen (secondary N) is 1. The largest absolute Gasteiger partial charge is 0.482 e. The Hall–Kier alpha value is -2.83. The van der Waals surface area contributed by atoms with Crippen LogP contribution in [0.4, 0.5) is 0 Å². The van der Waals surface area contributed by atoms with Gasteiger partial charge in [0, 0.05) is 12.0 Å². The third-order valence-electron chi connectivity index (χ3n) is 4.31. The highest BCUT2D eigenvalue weighted by Gasteiger charge is 2.22. The van der Waals surface area contributed by atoms with Gasteiger partial charge in [0.1, 0.15) is 16.8 Å². The van der Waals surface area contributed by atoms with Gasteiger partial charge in [-0.25, -0.2) is 4.79 Å². The highest BCUT2D eigenvalue weighted by molar-refractivity contribution is 6.45. The van der Waals surface area contributed by atoms with Gasteiger partial charge in [0.25, 0.3) is 5.91 Å². The summed E-state index contributed by atoms with van der Waals surface area (Å²) in [6.45, 7) is 5.02. The number of hydrogen-bond donors (Lipinski definition) is 2. The fourth-order valence-corrected chi connectivity index (χ4v) is 3.06. The van der Waals surface area contributed by atoms with E-state index in [0.29, 0.717) is 12.0 Å². The summed E-state index contributed by atoms with van der Waals surface area (Å²) in [4.78, 5) is 35.9. The SMILES string of the molecule is C=C(CC)C(=O)c1ccc(OCC(=O)NC(Cc2ccccc2)C(=O)O)c(Cl)c1Cl. The maximum absolute atomic E-state index is 12.3. The number of amides is 1. The molecule has 0 spiro atoms. The van der Waals surface area contributed by atoms with Crippen molar-refractivity contribution in [3.8, 4) is 5.75 Å². The fraction of sp³-hybridized carbons (Fsp3) is 0.227. The number of ketones is 1. The molecule has 0 bridgehead atoms. The van der Waals surface area contributed by atoms with Gasteiger partial charge in [0.05, 0.1) is 5.02 Å². The van der Waals surface area contributed by atoms with Crippen LogP contribution in [0.2, 0.25) is 10.0 Å². The molecule has 0 aliphatic heterocycles. The van der Waals surface area contributed by atoms with Gasteiger partial charge in [-0.1, -0.05) is 67.0 Å². The number of carbonyl (C=O) groups is 3. The predicted octanol–water partition coefficient (Wildman–Crippen LogP) is 4.33. The topological polar surface area (TPSA) is 92.7 Å². The van der Waals surface area contributed by atoms with Gasteiger partial charge < -0.3 is 15.2 Å². The first-order valence-corrected chi connectivity index (χ1v) is 9.89. The maximum Gasteiger partial charge on any atom is 0.326 e. The minimum atomic E-state index is -1.16. The zero-order valence-corrected chi connectivity index (χ0v) is 17.8. The van der Waals surface area contributed by atoms with E-state index in [2.05, 4.69) is 11.9 Å². The van der Waals surface area contributed by atoms with E-state index in [1.54, 1.807) is 31.2 Å². The predicted molar refractivity (Wildman–Crippen MR) is 115 cm³/mol. The van der Waals surface area contributed by atoms with Gasteiger partial charge in [-0.3, -0.25) is 9.59 Å². The molecule has 0 saturated carbocycles. The van der Waals surface area contributed by atoms with E-state index in [1.807, 2.05) is 6.07 Å². The van der Waals surface area contributed by atoms with Crippen LogP contribution in [0.15, 0.2) is 54.6 Å². The quantitative estimate of drug-likeness (QED) is 0.415. The first kappa shape index (κ1) is 23.4. The number of carbonyl (C=O) groups excluding carboxylic acids is 2. The second-order valence-corrected chi connectivity index (χ2v) is 7.22. The summed E-state index contributed by atoms with van der Waals surface area (Å²) in [5.41, 5.74) is 1.35.